The zero-order valence-corrected chi connectivity index (χ0v) is 9.19. The molecule has 0 spiro atoms. The van der Waals surface area contributed by atoms with Crippen LogP contribution in [0.1, 0.15) is 11.3 Å². The largest absolute Gasteiger partial charge is 0.506 e. The maximum Gasteiger partial charge on any atom is 0.282 e. The van der Waals surface area contributed by atoms with Crippen molar-refractivity contribution in [2.24, 2.45) is 0 Å². The Hall–Kier alpha value is -2.00. The van der Waals surface area contributed by atoms with E-state index in [1.54, 1.807) is 19.1 Å². The van der Waals surface area contributed by atoms with E-state index in [1.807, 2.05) is 0 Å². The molecule has 0 fully saturated rings. The van der Waals surface area contributed by atoms with Crippen LogP contribution in [-0.4, -0.2) is 14.1 Å². The highest BCUT2D eigenvalue weighted by molar-refractivity contribution is 7.78. The van der Waals surface area contributed by atoms with Gasteiger partial charge >= 0.3 is 0 Å². The average Bonchev–Trinajstić information content (AvgIpc) is 2.27. The van der Waals surface area contributed by atoms with Crippen molar-refractivity contribution in [2.75, 3.05) is 0 Å². The molecule has 0 aromatic carbocycles. The summed E-state index contributed by atoms with van der Waals surface area (Å²) in [5.74, 6) is -0.321. The van der Waals surface area contributed by atoms with E-state index in [0.717, 1.165) is 3.97 Å². The molecule has 2 heterocycles. The molecule has 2 aromatic rings. The molecular weight excluding hydrogens is 226 g/mol. The molecule has 2 aromatic heterocycles. The fraction of sp³-hybridized carbons (Fsp3) is 0.100. The standard InChI is InChI=1S/C10H7N3O2S/c1-5-2-6-8(4-12-5)13(16)10(15)7(3-11)9(6)14/h2,4,14,16H,1H3. The quantitative estimate of drug-likeness (QED) is 0.665. The van der Waals surface area contributed by atoms with Crippen LogP contribution in [0.4, 0.5) is 0 Å². The lowest BCUT2D eigenvalue weighted by molar-refractivity contribution is 0.478. The van der Waals surface area contributed by atoms with Gasteiger partial charge in [0.1, 0.15) is 11.8 Å². The van der Waals surface area contributed by atoms with Gasteiger partial charge in [-0.1, -0.05) is 12.8 Å². The molecule has 0 amide bonds. The molecule has 0 aliphatic rings. The third-order valence-electron chi connectivity index (χ3n) is 2.26. The summed E-state index contributed by atoms with van der Waals surface area (Å²) < 4.78 is 1.00. The van der Waals surface area contributed by atoms with Crippen molar-refractivity contribution in [1.29, 1.82) is 5.26 Å². The van der Waals surface area contributed by atoms with Crippen molar-refractivity contribution in [1.82, 2.24) is 8.96 Å². The molecule has 0 unspecified atom stereocenters. The van der Waals surface area contributed by atoms with Crippen LogP contribution in [0.2, 0.25) is 0 Å². The molecule has 5 nitrogen and oxygen atoms in total. The van der Waals surface area contributed by atoms with Gasteiger partial charge in [0.2, 0.25) is 0 Å². The van der Waals surface area contributed by atoms with E-state index < -0.39 is 5.56 Å². The van der Waals surface area contributed by atoms with E-state index in [4.69, 9.17) is 5.26 Å². The molecule has 16 heavy (non-hydrogen) atoms. The Bertz CT molecular complexity index is 685. The third kappa shape index (κ3) is 1.33. The first-order valence-electron chi connectivity index (χ1n) is 4.40. The van der Waals surface area contributed by atoms with Crippen LogP contribution in [-0.2, 0) is 0 Å². The summed E-state index contributed by atoms with van der Waals surface area (Å²) in [6.07, 6.45) is 1.43. The Labute approximate surface area is 96.1 Å². The number of rotatable bonds is 0. The number of pyridine rings is 2. The van der Waals surface area contributed by atoms with Gasteiger partial charge < -0.3 is 5.11 Å². The highest BCUT2D eigenvalue weighted by Gasteiger charge is 2.14. The van der Waals surface area contributed by atoms with Gasteiger partial charge in [-0.25, -0.2) is 3.97 Å². The highest BCUT2D eigenvalue weighted by atomic mass is 32.1. The first-order chi connectivity index (χ1) is 7.56. The molecule has 80 valence electrons. The summed E-state index contributed by atoms with van der Waals surface area (Å²) in [4.78, 5) is 15.6. The van der Waals surface area contributed by atoms with E-state index in [-0.39, 0.29) is 11.3 Å². The predicted octanol–water partition coefficient (Wildman–Crippen LogP) is 0.975. The minimum Gasteiger partial charge on any atom is -0.506 e. The number of hydrogen-bond acceptors (Lipinski definition) is 5. The summed E-state index contributed by atoms with van der Waals surface area (Å²) >= 11 is 3.97. The van der Waals surface area contributed by atoms with Crippen LogP contribution in [0.15, 0.2) is 17.1 Å². The van der Waals surface area contributed by atoms with Crippen LogP contribution < -0.4 is 5.56 Å². The zero-order valence-electron chi connectivity index (χ0n) is 8.30. The Morgan fingerprint density at radius 1 is 1.62 bits per heavy atom. The van der Waals surface area contributed by atoms with Gasteiger partial charge in [0.25, 0.3) is 5.56 Å². The van der Waals surface area contributed by atoms with Crippen molar-refractivity contribution in [3.8, 4) is 11.8 Å². The van der Waals surface area contributed by atoms with Crippen molar-refractivity contribution >= 4 is 23.7 Å². The number of hydrogen-bond donors (Lipinski definition) is 2. The monoisotopic (exact) mass is 233 g/mol. The number of aryl methyl sites for hydroxylation is 1. The Balaban J connectivity index is 3.10. The van der Waals surface area contributed by atoms with Crippen LogP contribution in [0.5, 0.6) is 5.75 Å². The number of nitrogens with zero attached hydrogens (tertiary/aromatic N) is 3. The van der Waals surface area contributed by atoms with Gasteiger partial charge in [0, 0.05) is 11.1 Å². The maximum absolute atomic E-state index is 11.6. The molecule has 0 aliphatic heterocycles. The van der Waals surface area contributed by atoms with Gasteiger partial charge in [-0.05, 0) is 13.0 Å². The van der Waals surface area contributed by atoms with E-state index >= 15 is 0 Å². The summed E-state index contributed by atoms with van der Waals surface area (Å²) in [6, 6.07) is 3.26. The number of fused-ring (bicyclic) bond motifs is 1. The lowest BCUT2D eigenvalue weighted by Crippen LogP contribution is -2.17. The lowest BCUT2D eigenvalue weighted by atomic mass is 10.1. The third-order valence-corrected chi connectivity index (χ3v) is 2.65. The number of nitriles is 1. The van der Waals surface area contributed by atoms with Gasteiger partial charge in [0.05, 0.1) is 11.7 Å². The Morgan fingerprint density at radius 2 is 2.31 bits per heavy atom. The van der Waals surface area contributed by atoms with Gasteiger partial charge in [-0.15, -0.1) is 0 Å². The van der Waals surface area contributed by atoms with E-state index in [2.05, 4.69) is 17.8 Å². The van der Waals surface area contributed by atoms with Crippen LogP contribution in [0.3, 0.4) is 0 Å². The fourth-order valence-electron chi connectivity index (χ4n) is 1.46. The van der Waals surface area contributed by atoms with E-state index in [9.17, 15) is 9.90 Å². The Morgan fingerprint density at radius 3 is 2.94 bits per heavy atom. The zero-order chi connectivity index (χ0) is 11.9. The molecule has 0 saturated carbocycles. The molecule has 2 rings (SSSR count). The Kier molecular flexibility index (Phi) is 2.33. The summed E-state index contributed by atoms with van der Waals surface area (Å²) in [6.45, 7) is 1.75. The van der Waals surface area contributed by atoms with Crippen LogP contribution >= 0.6 is 12.8 Å². The predicted molar refractivity (Wildman–Crippen MR) is 61.5 cm³/mol. The normalized spacial score (nSPS) is 10.3. The van der Waals surface area contributed by atoms with Crippen molar-refractivity contribution < 1.29 is 5.11 Å². The molecular formula is C10H7N3O2S. The highest BCUT2D eigenvalue weighted by Crippen LogP contribution is 2.26. The second-order valence-corrected chi connectivity index (χ2v) is 3.70. The van der Waals surface area contributed by atoms with Crippen LogP contribution in [0.25, 0.3) is 10.9 Å². The molecule has 0 atom stereocenters. The van der Waals surface area contributed by atoms with Gasteiger partial charge in [-0.3, -0.25) is 9.78 Å². The second-order valence-electron chi connectivity index (χ2n) is 3.30. The molecule has 0 bridgehead atoms. The molecule has 0 saturated heterocycles. The first kappa shape index (κ1) is 10.5. The number of aromatic hydroxyl groups is 1. The molecule has 0 radical (unpaired) electrons. The number of aromatic nitrogens is 2. The molecule has 6 heteroatoms. The first-order valence-corrected chi connectivity index (χ1v) is 4.80. The van der Waals surface area contributed by atoms with E-state index in [0.29, 0.717) is 16.6 Å². The van der Waals surface area contributed by atoms with Crippen LogP contribution in [0, 0.1) is 18.3 Å². The van der Waals surface area contributed by atoms with Crippen molar-refractivity contribution in [2.45, 2.75) is 6.92 Å². The maximum atomic E-state index is 11.6. The molecule has 0 aliphatic carbocycles. The summed E-state index contributed by atoms with van der Waals surface area (Å²) in [5, 5.41) is 18.9. The summed E-state index contributed by atoms with van der Waals surface area (Å²) in [5.41, 5.74) is 0.0868. The van der Waals surface area contributed by atoms with Gasteiger partial charge in [-0.2, -0.15) is 5.26 Å². The average molecular weight is 233 g/mol. The molecule has 1 N–H and O–H groups in total. The SMILES string of the molecule is Cc1cc2c(O)c(C#N)c(=O)n(S)c2cn1. The minimum absolute atomic E-state index is 0.312. The number of thiol groups is 1. The van der Waals surface area contributed by atoms with Crippen molar-refractivity contribution in [3.05, 3.63) is 33.9 Å². The van der Waals surface area contributed by atoms with Crippen molar-refractivity contribution in [3.63, 3.8) is 0 Å². The smallest absolute Gasteiger partial charge is 0.282 e. The van der Waals surface area contributed by atoms with Gasteiger partial charge in [0.15, 0.2) is 5.56 Å². The topological polar surface area (TPSA) is 78.9 Å². The fourth-order valence-corrected chi connectivity index (χ4v) is 1.72. The minimum atomic E-state index is -0.651. The lowest BCUT2D eigenvalue weighted by Gasteiger charge is -2.07. The van der Waals surface area contributed by atoms with E-state index in [1.165, 1.54) is 6.20 Å². The summed E-state index contributed by atoms with van der Waals surface area (Å²) in [7, 11) is 0. The second kappa shape index (κ2) is 3.54.